The van der Waals surface area contributed by atoms with E-state index < -0.39 is 0 Å². The Bertz CT molecular complexity index is 1100. The van der Waals surface area contributed by atoms with Crippen LogP contribution >= 0.6 is 11.3 Å². The van der Waals surface area contributed by atoms with Crippen LogP contribution in [0, 0.1) is 5.92 Å². The predicted octanol–water partition coefficient (Wildman–Crippen LogP) is 5.27. The Morgan fingerprint density at radius 2 is 1.79 bits per heavy atom. The summed E-state index contributed by atoms with van der Waals surface area (Å²) < 4.78 is 5.79. The second-order valence-electron chi connectivity index (χ2n) is 8.20. The van der Waals surface area contributed by atoms with Gasteiger partial charge in [0.2, 0.25) is 5.91 Å². The quantitative estimate of drug-likeness (QED) is 0.477. The van der Waals surface area contributed by atoms with E-state index in [2.05, 4.69) is 15.2 Å². The highest BCUT2D eigenvalue weighted by atomic mass is 32.1. The number of piperidine rings is 1. The summed E-state index contributed by atoms with van der Waals surface area (Å²) in [6.45, 7) is 6.97. The van der Waals surface area contributed by atoms with Crippen LogP contribution in [0.5, 0.6) is 11.5 Å². The van der Waals surface area contributed by atoms with Gasteiger partial charge in [-0.25, -0.2) is 4.98 Å². The average molecular weight is 479 g/mol. The third-order valence-corrected chi connectivity index (χ3v) is 6.98. The number of nitrogens with zero attached hydrogens (tertiary/aromatic N) is 3. The maximum atomic E-state index is 12.8. The minimum atomic E-state index is -0.201. The zero-order valence-electron chi connectivity index (χ0n) is 19.6. The fraction of sp³-hybridized carbons (Fsp3) is 0.346. The molecule has 178 valence electrons. The average Bonchev–Trinajstić information content (AvgIpc) is 3.37. The number of carbonyl (C=O) groups excluding carboxylic acids is 2. The molecule has 0 spiro atoms. The van der Waals surface area contributed by atoms with Crippen molar-refractivity contribution < 1.29 is 14.3 Å². The molecule has 1 aliphatic heterocycles. The Labute approximate surface area is 204 Å². The highest BCUT2D eigenvalue weighted by molar-refractivity contribution is 7.17. The van der Waals surface area contributed by atoms with Crippen LogP contribution in [0.25, 0.3) is 0 Å². The number of carbonyl (C=O) groups is 2. The fourth-order valence-corrected chi connectivity index (χ4v) is 4.93. The minimum Gasteiger partial charge on any atom is -0.457 e. The number of anilines is 2. The lowest BCUT2D eigenvalue weighted by atomic mass is 9.97. The number of hydrogen-bond acceptors (Lipinski definition) is 6. The van der Waals surface area contributed by atoms with E-state index in [4.69, 9.17) is 4.74 Å². The van der Waals surface area contributed by atoms with Crippen molar-refractivity contribution in [3.63, 3.8) is 0 Å². The van der Waals surface area contributed by atoms with Gasteiger partial charge in [-0.05, 0) is 63.1 Å². The number of thiazole rings is 1. The Morgan fingerprint density at radius 3 is 2.50 bits per heavy atom. The van der Waals surface area contributed by atoms with Crippen molar-refractivity contribution in [2.45, 2.75) is 26.7 Å². The van der Waals surface area contributed by atoms with Gasteiger partial charge in [0.25, 0.3) is 5.91 Å². The zero-order chi connectivity index (χ0) is 23.9. The number of nitrogens with one attached hydrogen (secondary N) is 1. The van der Waals surface area contributed by atoms with Gasteiger partial charge in [0, 0.05) is 31.9 Å². The lowest BCUT2D eigenvalue weighted by Crippen LogP contribution is -2.44. The molecule has 2 amide bonds. The number of aromatic nitrogens is 1. The zero-order valence-corrected chi connectivity index (χ0v) is 20.4. The molecular weight excluding hydrogens is 448 g/mol. The van der Waals surface area contributed by atoms with Gasteiger partial charge < -0.3 is 19.9 Å². The lowest BCUT2D eigenvalue weighted by Gasteiger charge is -2.34. The van der Waals surface area contributed by atoms with Gasteiger partial charge in [0.1, 0.15) is 16.4 Å². The van der Waals surface area contributed by atoms with Crippen molar-refractivity contribution in [2.75, 3.05) is 36.4 Å². The van der Waals surface area contributed by atoms with Crippen LogP contribution in [-0.2, 0) is 4.79 Å². The molecule has 8 heteroatoms. The van der Waals surface area contributed by atoms with Gasteiger partial charge in [-0.2, -0.15) is 0 Å². The number of rotatable bonds is 8. The molecule has 7 nitrogen and oxygen atoms in total. The first-order valence-corrected chi connectivity index (χ1v) is 12.5. The molecule has 1 aliphatic rings. The molecule has 1 N–H and O–H groups in total. The van der Waals surface area contributed by atoms with Crippen molar-refractivity contribution in [1.82, 2.24) is 9.88 Å². The summed E-state index contributed by atoms with van der Waals surface area (Å²) in [6, 6.07) is 16.8. The Morgan fingerprint density at radius 1 is 1.09 bits per heavy atom. The molecule has 1 saturated heterocycles. The van der Waals surface area contributed by atoms with Gasteiger partial charge in [-0.15, -0.1) is 0 Å². The highest BCUT2D eigenvalue weighted by Gasteiger charge is 2.29. The normalized spacial score (nSPS) is 15.6. The largest absolute Gasteiger partial charge is 0.457 e. The summed E-state index contributed by atoms with van der Waals surface area (Å²) >= 11 is 1.36. The lowest BCUT2D eigenvalue weighted by molar-refractivity contribution is -0.135. The van der Waals surface area contributed by atoms with E-state index in [1.807, 2.05) is 73.3 Å². The van der Waals surface area contributed by atoms with Crippen molar-refractivity contribution in [1.29, 1.82) is 0 Å². The number of ether oxygens (including phenoxy) is 1. The molecule has 1 atom stereocenters. The Balaban J connectivity index is 1.35. The second kappa shape index (κ2) is 11.2. The summed E-state index contributed by atoms with van der Waals surface area (Å²) in [5, 5.41) is 3.71. The van der Waals surface area contributed by atoms with Crippen molar-refractivity contribution in [3.8, 4) is 11.5 Å². The molecule has 2 heterocycles. The highest BCUT2D eigenvalue weighted by Crippen LogP contribution is 2.29. The standard InChI is InChI=1S/C26H30N4O3S/c1-3-29(4-2)25(32)19-9-8-16-30(18-19)26-27-17-23(34-26)24(31)28-20-12-14-22(15-13-20)33-21-10-6-5-7-11-21/h5-7,10-15,17,19H,3-4,8-9,16,18H2,1-2H3,(H,28,31). The molecule has 0 bridgehead atoms. The molecule has 34 heavy (non-hydrogen) atoms. The molecule has 2 aromatic carbocycles. The van der Waals surface area contributed by atoms with Crippen LogP contribution in [0.4, 0.5) is 10.8 Å². The van der Waals surface area contributed by atoms with Crippen LogP contribution in [0.15, 0.2) is 60.8 Å². The van der Waals surface area contributed by atoms with Crippen molar-refractivity contribution in [2.24, 2.45) is 5.92 Å². The molecule has 0 radical (unpaired) electrons. The minimum absolute atomic E-state index is 0.0218. The fourth-order valence-electron chi connectivity index (χ4n) is 4.09. The van der Waals surface area contributed by atoms with E-state index >= 15 is 0 Å². The van der Waals surface area contributed by atoms with Gasteiger partial charge in [0.05, 0.1) is 12.1 Å². The Kier molecular flexibility index (Phi) is 7.80. The molecule has 1 fully saturated rings. The second-order valence-corrected chi connectivity index (χ2v) is 9.21. The first-order valence-electron chi connectivity index (χ1n) is 11.7. The number of benzene rings is 2. The molecule has 0 aliphatic carbocycles. The molecule has 1 aromatic heterocycles. The topological polar surface area (TPSA) is 74.8 Å². The van der Waals surface area contributed by atoms with Crippen molar-refractivity contribution >= 4 is 34.0 Å². The molecule has 1 unspecified atom stereocenters. The summed E-state index contributed by atoms with van der Waals surface area (Å²) in [6.07, 6.45) is 3.45. The van der Waals surface area contributed by atoms with E-state index in [-0.39, 0.29) is 17.7 Å². The molecule has 4 rings (SSSR count). The van der Waals surface area contributed by atoms with E-state index in [0.29, 0.717) is 22.9 Å². The first kappa shape index (κ1) is 23.8. The van der Waals surface area contributed by atoms with E-state index in [0.717, 1.165) is 43.4 Å². The summed E-state index contributed by atoms with van der Waals surface area (Å²) in [7, 11) is 0. The van der Waals surface area contributed by atoms with Crippen LogP contribution in [0.2, 0.25) is 0 Å². The van der Waals surface area contributed by atoms with Gasteiger partial charge >= 0.3 is 0 Å². The van der Waals surface area contributed by atoms with E-state index in [1.54, 1.807) is 6.20 Å². The van der Waals surface area contributed by atoms with Gasteiger partial charge in [-0.1, -0.05) is 29.5 Å². The molecular formula is C26H30N4O3S. The van der Waals surface area contributed by atoms with Gasteiger partial charge in [0.15, 0.2) is 5.13 Å². The monoisotopic (exact) mass is 478 g/mol. The van der Waals surface area contributed by atoms with E-state index in [1.165, 1.54) is 11.3 Å². The van der Waals surface area contributed by atoms with Crippen LogP contribution in [0.3, 0.4) is 0 Å². The number of para-hydroxylation sites is 1. The third kappa shape index (κ3) is 5.75. The maximum absolute atomic E-state index is 12.8. The van der Waals surface area contributed by atoms with E-state index in [9.17, 15) is 9.59 Å². The smallest absolute Gasteiger partial charge is 0.267 e. The Hall–Kier alpha value is -3.39. The molecule has 3 aromatic rings. The van der Waals surface area contributed by atoms with Crippen molar-refractivity contribution in [3.05, 3.63) is 65.7 Å². The number of hydrogen-bond donors (Lipinski definition) is 1. The maximum Gasteiger partial charge on any atom is 0.267 e. The predicted molar refractivity (Wildman–Crippen MR) is 136 cm³/mol. The first-order chi connectivity index (χ1) is 16.6. The summed E-state index contributed by atoms with van der Waals surface area (Å²) in [5.74, 6) is 1.45. The summed E-state index contributed by atoms with van der Waals surface area (Å²) in [5.41, 5.74) is 0.684. The molecule has 0 saturated carbocycles. The number of amides is 2. The van der Waals surface area contributed by atoms with Crippen LogP contribution in [-0.4, -0.2) is 47.9 Å². The van der Waals surface area contributed by atoms with Gasteiger partial charge in [-0.3, -0.25) is 9.59 Å². The summed E-state index contributed by atoms with van der Waals surface area (Å²) in [4.78, 5) is 34.6. The third-order valence-electron chi connectivity index (χ3n) is 5.92. The van der Waals surface area contributed by atoms with Crippen LogP contribution < -0.4 is 15.0 Å². The SMILES string of the molecule is CCN(CC)C(=O)C1CCCN(c2ncc(C(=O)Nc3ccc(Oc4ccccc4)cc3)s2)C1. The van der Waals surface area contributed by atoms with Crippen LogP contribution in [0.1, 0.15) is 36.4 Å².